The van der Waals surface area contributed by atoms with Gasteiger partial charge in [-0.2, -0.15) is 0 Å². The summed E-state index contributed by atoms with van der Waals surface area (Å²) in [6.45, 7) is 0.139. The molecule has 0 N–H and O–H groups in total. The second-order valence-corrected chi connectivity index (χ2v) is 4.59. The first-order valence-corrected chi connectivity index (χ1v) is 6.72. The van der Waals surface area contributed by atoms with Crippen LogP contribution in [-0.2, 0) is 6.61 Å². The summed E-state index contributed by atoms with van der Waals surface area (Å²) in [6.07, 6.45) is 1.50. The van der Waals surface area contributed by atoms with Crippen LogP contribution in [0.1, 0.15) is 5.69 Å². The van der Waals surface area contributed by atoms with Crippen molar-refractivity contribution in [1.82, 2.24) is 4.98 Å². The fourth-order valence-electron chi connectivity index (χ4n) is 1.95. The first-order valence-electron chi connectivity index (χ1n) is 6.72. The molecule has 0 aliphatic rings. The van der Waals surface area contributed by atoms with Crippen molar-refractivity contribution in [2.75, 3.05) is 7.11 Å². The average Bonchev–Trinajstić information content (AvgIpc) is 3.03. The van der Waals surface area contributed by atoms with Crippen LogP contribution in [0, 0.1) is 5.82 Å². The van der Waals surface area contributed by atoms with Gasteiger partial charge in [0.2, 0.25) is 5.89 Å². The molecule has 1 aromatic heterocycles. The van der Waals surface area contributed by atoms with Crippen molar-refractivity contribution in [3.63, 3.8) is 0 Å². The lowest BCUT2D eigenvalue weighted by atomic mass is 10.2. The van der Waals surface area contributed by atoms with Crippen LogP contribution in [0.5, 0.6) is 11.5 Å². The van der Waals surface area contributed by atoms with Gasteiger partial charge < -0.3 is 13.9 Å². The molecule has 4 nitrogen and oxygen atoms in total. The van der Waals surface area contributed by atoms with E-state index in [0.29, 0.717) is 11.6 Å². The largest absolute Gasteiger partial charge is 0.497 e. The Bertz CT molecular complexity index is 753. The molecule has 0 saturated heterocycles. The second kappa shape index (κ2) is 6.30. The fourth-order valence-corrected chi connectivity index (χ4v) is 1.95. The molecule has 0 unspecified atom stereocenters. The quantitative estimate of drug-likeness (QED) is 0.712. The Kier molecular flexibility index (Phi) is 4.05. The minimum atomic E-state index is -0.402. The van der Waals surface area contributed by atoms with E-state index in [9.17, 15) is 4.39 Å². The Morgan fingerprint density at radius 2 is 1.86 bits per heavy atom. The van der Waals surface area contributed by atoms with Gasteiger partial charge in [-0.25, -0.2) is 9.37 Å². The maximum atomic E-state index is 13.5. The SMILES string of the molecule is COc1ccc(-c2nc(COc3ccccc3F)co2)cc1. The summed E-state index contributed by atoms with van der Waals surface area (Å²) in [5.41, 5.74) is 1.42. The van der Waals surface area contributed by atoms with Crippen molar-refractivity contribution in [1.29, 1.82) is 0 Å². The Hall–Kier alpha value is -2.82. The third-order valence-corrected chi connectivity index (χ3v) is 3.10. The first-order chi connectivity index (χ1) is 10.8. The van der Waals surface area contributed by atoms with Gasteiger partial charge >= 0.3 is 0 Å². The fraction of sp³-hybridized carbons (Fsp3) is 0.118. The molecule has 0 amide bonds. The maximum absolute atomic E-state index is 13.5. The lowest BCUT2D eigenvalue weighted by molar-refractivity contribution is 0.285. The second-order valence-electron chi connectivity index (χ2n) is 4.59. The molecule has 0 aliphatic carbocycles. The van der Waals surface area contributed by atoms with E-state index in [0.717, 1.165) is 11.3 Å². The predicted octanol–water partition coefficient (Wildman–Crippen LogP) is 4.07. The van der Waals surface area contributed by atoms with Crippen molar-refractivity contribution in [2.24, 2.45) is 0 Å². The Morgan fingerprint density at radius 1 is 1.09 bits per heavy atom. The number of rotatable bonds is 5. The van der Waals surface area contributed by atoms with Crippen molar-refractivity contribution >= 4 is 0 Å². The van der Waals surface area contributed by atoms with Gasteiger partial charge in [0, 0.05) is 5.56 Å². The average molecular weight is 299 g/mol. The van der Waals surface area contributed by atoms with Crippen molar-refractivity contribution in [2.45, 2.75) is 6.61 Å². The topological polar surface area (TPSA) is 44.5 Å². The Morgan fingerprint density at radius 3 is 2.59 bits per heavy atom. The van der Waals surface area contributed by atoms with E-state index >= 15 is 0 Å². The van der Waals surface area contributed by atoms with Crippen LogP contribution in [0.4, 0.5) is 4.39 Å². The molecule has 3 aromatic rings. The maximum Gasteiger partial charge on any atom is 0.226 e. The lowest BCUT2D eigenvalue weighted by Crippen LogP contribution is -1.97. The summed E-state index contributed by atoms with van der Waals surface area (Å²) in [5, 5.41) is 0. The van der Waals surface area contributed by atoms with Gasteiger partial charge in [0.1, 0.15) is 24.3 Å². The van der Waals surface area contributed by atoms with Crippen LogP contribution in [0.15, 0.2) is 59.2 Å². The van der Waals surface area contributed by atoms with Gasteiger partial charge in [-0.05, 0) is 36.4 Å². The molecule has 2 aromatic carbocycles. The van der Waals surface area contributed by atoms with E-state index in [1.807, 2.05) is 24.3 Å². The van der Waals surface area contributed by atoms with Gasteiger partial charge in [0.15, 0.2) is 11.6 Å². The summed E-state index contributed by atoms with van der Waals surface area (Å²) in [6, 6.07) is 13.6. The minimum absolute atomic E-state index is 0.139. The zero-order valence-electron chi connectivity index (χ0n) is 12.0. The molecule has 0 aliphatic heterocycles. The highest BCUT2D eigenvalue weighted by Crippen LogP contribution is 2.22. The molecule has 0 radical (unpaired) electrons. The standard InChI is InChI=1S/C17H14FNO3/c1-20-14-8-6-12(7-9-14)17-19-13(11-22-17)10-21-16-5-3-2-4-15(16)18/h2-9,11H,10H2,1H3. The predicted molar refractivity (Wildman–Crippen MR) is 79.2 cm³/mol. The molecule has 0 bridgehead atoms. The Labute approximate surface area is 127 Å². The molecule has 112 valence electrons. The summed E-state index contributed by atoms with van der Waals surface area (Å²) in [7, 11) is 1.61. The highest BCUT2D eigenvalue weighted by Gasteiger charge is 2.09. The highest BCUT2D eigenvalue weighted by atomic mass is 19.1. The van der Waals surface area contributed by atoms with Gasteiger partial charge in [-0.15, -0.1) is 0 Å². The summed E-state index contributed by atoms with van der Waals surface area (Å²) < 4.78 is 29.4. The number of para-hydroxylation sites is 1. The van der Waals surface area contributed by atoms with E-state index < -0.39 is 5.82 Å². The minimum Gasteiger partial charge on any atom is -0.497 e. The first kappa shape index (κ1) is 14.1. The lowest BCUT2D eigenvalue weighted by Gasteiger charge is -2.04. The molecule has 5 heteroatoms. The van der Waals surface area contributed by atoms with E-state index in [1.165, 1.54) is 12.3 Å². The highest BCUT2D eigenvalue weighted by molar-refractivity contribution is 5.54. The zero-order chi connectivity index (χ0) is 15.4. The molecule has 22 heavy (non-hydrogen) atoms. The van der Waals surface area contributed by atoms with Crippen LogP contribution in [0.3, 0.4) is 0 Å². The number of halogens is 1. The molecular formula is C17H14FNO3. The van der Waals surface area contributed by atoms with E-state index in [2.05, 4.69) is 4.98 Å². The number of oxazole rings is 1. The van der Waals surface area contributed by atoms with Gasteiger partial charge in [-0.1, -0.05) is 12.1 Å². The van der Waals surface area contributed by atoms with Crippen LogP contribution in [0.25, 0.3) is 11.5 Å². The summed E-state index contributed by atoms with van der Waals surface area (Å²) in [4.78, 5) is 4.33. The number of methoxy groups -OCH3 is 1. The van der Waals surface area contributed by atoms with Gasteiger partial charge in [-0.3, -0.25) is 0 Å². The van der Waals surface area contributed by atoms with Gasteiger partial charge in [0.25, 0.3) is 0 Å². The Balaban J connectivity index is 1.69. The molecule has 0 atom stereocenters. The van der Waals surface area contributed by atoms with E-state index in [4.69, 9.17) is 13.9 Å². The third-order valence-electron chi connectivity index (χ3n) is 3.10. The zero-order valence-corrected chi connectivity index (χ0v) is 12.0. The van der Waals surface area contributed by atoms with E-state index in [-0.39, 0.29) is 12.4 Å². The molecule has 0 fully saturated rings. The number of hydrogen-bond donors (Lipinski definition) is 0. The summed E-state index contributed by atoms with van der Waals surface area (Å²) >= 11 is 0. The van der Waals surface area contributed by atoms with Crippen LogP contribution in [-0.4, -0.2) is 12.1 Å². The summed E-state index contributed by atoms with van der Waals surface area (Å²) in [5.74, 6) is 1.03. The number of aromatic nitrogens is 1. The molecule has 0 saturated carbocycles. The third kappa shape index (κ3) is 3.09. The number of nitrogens with zero attached hydrogens (tertiary/aromatic N) is 1. The monoisotopic (exact) mass is 299 g/mol. The van der Waals surface area contributed by atoms with Crippen molar-refractivity contribution < 1.29 is 18.3 Å². The smallest absolute Gasteiger partial charge is 0.226 e. The molecule has 1 heterocycles. The van der Waals surface area contributed by atoms with Crippen molar-refractivity contribution in [3.8, 4) is 23.0 Å². The number of benzene rings is 2. The number of ether oxygens (including phenoxy) is 2. The van der Waals surface area contributed by atoms with Gasteiger partial charge in [0.05, 0.1) is 7.11 Å². The van der Waals surface area contributed by atoms with E-state index in [1.54, 1.807) is 25.3 Å². The number of hydrogen-bond acceptors (Lipinski definition) is 4. The molecule has 3 rings (SSSR count). The van der Waals surface area contributed by atoms with Crippen LogP contribution in [0.2, 0.25) is 0 Å². The van der Waals surface area contributed by atoms with Crippen LogP contribution < -0.4 is 9.47 Å². The van der Waals surface area contributed by atoms with Crippen molar-refractivity contribution in [3.05, 3.63) is 66.3 Å². The van der Waals surface area contributed by atoms with Crippen LogP contribution >= 0.6 is 0 Å². The normalized spacial score (nSPS) is 10.5. The molecular weight excluding hydrogens is 285 g/mol. The molecule has 0 spiro atoms.